The molecule has 0 saturated carbocycles. The number of aliphatic hydroxyl groups is 1. The van der Waals surface area contributed by atoms with Gasteiger partial charge in [-0.3, -0.25) is 4.90 Å². The molecule has 2 N–H and O–H groups in total. The van der Waals surface area contributed by atoms with E-state index < -0.39 is 0 Å². The Hall–Kier alpha value is -2.08. The van der Waals surface area contributed by atoms with Gasteiger partial charge in [0.25, 0.3) is 0 Å². The summed E-state index contributed by atoms with van der Waals surface area (Å²) < 4.78 is 0. The molecule has 0 aromatic heterocycles. The normalized spacial score (nSPS) is 23.0. The topological polar surface area (TPSA) is 55.8 Å². The number of hydrogen-bond acceptors (Lipinski definition) is 3. The van der Waals surface area contributed by atoms with Crippen LogP contribution in [0.25, 0.3) is 0 Å². The van der Waals surface area contributed by atoms with Crippen molar-refractivity contribution in [3.05, 3.63) is 70.7 Å². The van der Waals surface area contributed by atoms with E-state index in [1.54, 1.807) is 0 Å². The first kappa shape index (κ1) is 20.2. The highest BCUT2D eigenvalue weighted by Gasteiger charge is 2.67. The van der Waals surface area contributed by atoms with Crippen molar-refractivity contribution in [2.75, 3.05) is 19.7 Å². The van der Waals surface area contributed by atoms with Crippen molar-refractivity contribution in [2.24, 2.45) is 0 Å². The van der Waals surface area contributed by atoms with Gasteiger partial charge in [0.15, 0.2) is 0 Å². The molecule has 2 fully saturated rings. The molecule has 29 heavy (non-hydrogen) atoms. The summed E-state index contributed by atoms with van der Waals surface area (Å²) in [7, 11) is 0. The summed E-state index contributed by atoms with van der Waals surface area (Å²) in [6.45, 7) is 6.28. The Bertz CT molecular complexity index is 850. The highest BCUT2D eigenvalue weighted by Crippen LogP contribution is 2.54. The lowest BCUT2D eigenvalue weighted by atomic mass is 9.61. The number of amides is 2. The fraction of sp³-hybridized carbons (Fsp3) is 0.435. The van der Waals surface area contributed by atoms with Crippen molar-refractivity contribution in [3.8, 4) is 0 Å². The maximum Gasteiger partial charge on any atom is 0.318 e. The molecule has 0 aliphatic carbocycles. The summed E-state index contributed by atoms with van der Waals surface area (Å²) in [6.07, 6.45) is 0. The molecule has 1 spiro atoms. The van der Waals surface area contributed by atoms with Gasteiger partial charge in [0, 0.05) is 36.6 Å². The van der Waals surface area contributed by atoms with E-state index in [0.29, 0.717) is 0 Å². The minimum atomic E-state index is -0.278. The zero-order chi connectivity index (χ0) is 20.6. The molecule has 2 aromatic carbocycles. The highest BCUT2D eigenvalue weighted by atomic mass is 35.5. The SMILES string of the molecule is CC(C)NC(=O)N1[C@H](CO)[C@@H](c2ccccc2)C12CN(Cc1ccc(Cl)cc1)C2. The fourth-order valence-electron chi connectivity index (χ4n) is 4.99. The molecule has 2 aliphatic rings. The van der Waals surface area contributed by atoms with Crippen LogP contribution in [-0.2, 0) is 6.54 Å². The van der Waals surface area contributed by atoms with E-state index in [1.165, 1.54) is 11.1 Å². The minimum Gasteiger partial charge on any atom is -0.394 e. The predicted molar refractivity (Wildman–Crippen MR) is 115 cm³/mol. The van der Waals surface area contributed by atoms with Crippen molar-refractivity contribution in [1.82, 2.24) is 15.1 Å². The van der Waals surface area contributed by atoms with Crippen molar-refractivity contribution in [2.45, 2.75) is 43.9 Å². The quantitative estimate of drug-likeness (QED) is 0.789. The lowest BCUT2D eigenvalue weighted by molar-refractivity contribution is -0.164. The van der Waals surface area contributed by atoms with Crippen molar-refractivity contribution < 1.29 is 9.90 Å². The number of carbonyl (C=O) groups is 1. The molecule has 2 saturated heterocycles. The third kappa shape index (κ3) is 3.63. The van der Waals surface area contributed by atoms with Crippen LogP contribution in [0.15, 0.2) is 54.6 Å². The number of urea groups is 1. The van der Waals surface area contributed by atoms with Gasteiger partial charge < -0.3 is 15.3 Å². The maximum absolute atomic E-state index is 13.0. The lowest BCUT2D eigenvalue weighted by Crippen LogP contribution is -2.86. The number of nitrogens with zero attached hydrogens (tertiary/aromatic N) is 2. The second-order valence-electron chi connectivity index (χ2n) is 8.49. The number of nitrogens with one attached hydrogen (secondary N) is 1. The third-order valence-corrected chi connectivity index (χ3v) is 6.32. The first-order valence-corrected chi connectivity index (χ1v) is 10.5. The molecule has 2 atom stereocenters. The molecule has 0 unspecified atom stereocenters. The second-order valence-corrected chi connectivity index (χ2v) is 8.92. The Morgan fingerprint density at radius 1 is 1.17 bits per heavy atom. The number of halogens is 1. The Kier molecular flexibility index (Phi) is 5.56. The number of carbonyl (C=O) groups excluding carboxylic acids is 1. The zero-order valence-corrected chi connectivity index (χ0v) is 17.6. The summed E-state index contributed by atoms with van der Waals surface area (Å²) in [5.41, 5.74) is 2.11. The molecule has 5 nitrogen and oxygen atoms in total. The summed E-state index contributed by atoms with van der Waals surface area (Å²) in [5, 5.41) is 13.9. The molecule has 2 aliphatic heterocycles. The van der Waals surface area contributed by atoms with Crippen LogP contribution in [-0.4, -0.2) is 58.3 Å². The van der Waals surface area contributed by atoms with Gasteiger partial charge in [-0.05, 0) is 37.1 Å². The van der Waals surface area contributed by atoms with Crippen molar-refractivity contribution in [3.63, 3.8) is 0 Å². The van der Waals surface area contributed by atoms with Crippen LogP contribution >= 0.6 is 11.6 Å². The van der Waals surface area contributed by atoms with E-state index in [-0.39, 0.29) is 36.2 Å². The van der Waals surface area contributed by atoms with E-state index in [2.05, 4.69) is 22.3 Å². The summed E-state index contributed by atoms with van der Waals surface area (Å²) >= 11 is 6.00. The smallest absolute Gasteiger partial charge is 0.318 e. The molecule has 0 radical (unpaired) electrons. The number of aliphatic hydroxyl groups excluding tert-OH is 1. The molecule has 4 rings (SSSR count). The first-order chi connectivity index (χ1) is 13.9. The Morgan fingerprint density at radius 3 is 2.41 bits per heavy atom. The molecule has 2 heterocycles. The molecule has 0 bridgehead atoms. The van der Waals surface area contributed by atoms with Gasteiger partial charge in [0.1, 0.15) is 0 Å². The zero-order valence-electron chi connectivity index (χ0n) is 16.9. The number of likely N-dealkylation sites (tertiary alicyclic amines) is 2. The van der Waals surface area contributed by atoms with Crippen LogP contribution in [0.4, 0.5) is 4.79 Å². The lowest BCUT2D eigenvalue weighted by Gasteiger charge is -2.70. The van der Waals surface area contributed by atoms with Gasteiger partial charge in [-0.25, -0.2) is 4.79 Å². The van der Waals surface area contributed by atoms with Gasteiger partial charge in [-0.1, -0.05) is 54.1 Å². The molecular weight excluding hydrogens is 386 g/mol. The van der Waals surface area contributed by atoms with E-state index in [4.69, 9.17) is 11.6 Å². The Labute approximate surface area is 177 Å². The summed E-state index contributed by atoms with van der Waals surface area (Å²) in [5.74, 6) is 0.132. The highest BCUT2D eigenvalue weighted by molar-refractivity contribution is 6.30. The monoisotopic (exact) mass is 413 g/mol. The minimum absolute atomic E-state index is 0.0377. The average Bonchev–Trinajstić information content (AvgIpc) is 2.64. The van der Waals surface area contributed by atoms with Gasteiger partial charge in [0.05, 0.1) is 18.2 Å². The number of hydrogen-bond donors (Lipinski definition) is 2. The Balaban J connectivity index is 1.56. The molecule has 2 aromatic rings. The standard InChI is InChI=1S/C23H28ClN3O2/c1-16(2)25-22(29)27-20(13-28)21(18-6-4-3-5-7-18)23(27)14-26(15-23)12-17-8-10-19(24)11-9-17/h3-11,16,20-21,28H,12-15H2,1-2H3,(H,25,29)/t20-,21-/m1/s1. The molecule has 154 valence electrons. The largest absolute Gasteiger partial charge is 0.394 e. The average molecular weight is 414 g/mol. The molecule has 6 heteroatoms. The summed E-state index contributed by atoms with van der Waals surface area (Å²) in [4.78, 5) is 17.2. The second kappa shape index (κ2) is 7.98. The number of benzene rings is 2. The maximum atomic E-state index is 13.0. The molecule has 2 amide bonds. The van der Waals surface area contributed by atoms with Gasteiger partial charge in [-0.15, -0.1) is 0 Å². The van der Waals surface area contributed by atoms with Crippen LogP contribution in [0.3, 0.4) is 0 Å². The van der Waals surface area contributed by atoms with Crippen LogP contribution in [0, 0.1) is 0 Å². The van der Waals surface area contributed by atoms with Crippen LogP contribution in [0.2, 0.25) is 5.02 Å². The van der Waals surface area contributed by atoms with Crippen LogP contribution in [0.5, 0.6) is 0 Å². The Morgan fingerprint density at radius 2 is 1.83 bits per heavy atom. The molecular formula is C23H28ClN3O2. The van der Waals surface area contributed by atoms with Crippen molar-refractivity contribution in [1.29, 1.82) is 0 Å². The van der Waals surface area contributed by atoms with Gasteiger partial charge >= 0.3 is 6.03 Å². The first-order valence-electron chi connectivity index (χ1n) is 10.2. The van der Waals surface area contributed by atoms with Crippen LogP contribution < -0.4 is 5.32 Å². The fourth-order valence-corrected chi connectivity index (χ4v) is 5.12. The number of rotatable bonds is 5. The van der Waals surface area contributed by atoms with Crippen molar-refractivity contribution >= 4 is 17.6 Å². The van der Waals surface area contributed by atoms with E-state index in [9.17, 15) is 9.90 Å². The van der Waals surface area contributed by atoms with E-state index >= 15 is 0 Å². The third-order valence-electron chi connectivity index (χ3n) is 6.07. The van der Waals surface area contributed by atoms with Crippen LogP contribution in [0.1, 0.15) is 30.9 Å². The van der Waals surface area contributed by atoms with Gasteiger partial charge in [-0.2, -0.15) is 0 Å². The van der Waals surface area contributed by atoms with E-state index in [1.807, 2.05) is 61.2 Å². The summed E-state index contributed by atoms with van der Waals surface area (Å²) in [6, 6.07) is 17.9. The van der Waals surface area contributed by atoms with E-state index in [0.717, 1.165) is 24.7 Å². The predicted octanol–water partition coefficient (Wildman–Crippen LogP) is 3.47. The van der Waals surface area contributed by atoms with Gasteiger partial charge in [0.2, 0.25) is 0 Å².